The van der Waals surface area contributed by atoms with E-state index in [1.807, 2.05) is 0 Å². The minimum atomic E-state index is -1.19. The summed E-state index contributed by atoms with van der Waals surface area (Å²) in [6.07, 6.45) is 9.38. The van der Waals surface area contributed by atoms with Gasteiger partial charge in [0.2, 0.25) is 0 Å². The second-order valence-electron chi connectivity index (χ2n) is 14.0. The number of aliphatic hydroxyl groups excluding tert-OH is 1. The molecule has 3 saturated carbocycles. The number of hydrogen-bond acceptors (Lipinski definition) is 6. The largest absolute Gasteiger partial charge is 0.462 e. The molecule has 2 bridgehead atoms. The van der Waals surface area contributed by atoms with Crippen LogP contribution in [0.25, 0.3) is 0 Å². The Bertz CT molecular complexity index is 953. The van der Waals surface area contributed by atoms with E-state index in [4.69, 9.17) is 14.2 Å². The maximum atomic E-state index is 11.6. The fourth-order valence-corrected chi connectivity index (χ4v) is 10.1. The monoisotopic (exact) mass is 488 g/mol. The third kappa shape index (κ3) is 3.12. The summed E-state index contributed by atoms with van der Waals surface area (Å²) in [6.45, 7) is 12.0. The molecule has 0 radical (unpaired) electrons. The van der Waals surface area contributed by atoms with Gasteiger partial charge >= 0.3 is 5.97 Å². The van der Waals surface area contributed by atoms with Crippen LogP contribution in [0.1, 0.15) is 92.9 Å². The lowest BCUT2D eigenvalue weighted by Gasteiger charge is -2.59. The highest BCUT2D eigenvalue weighted by molar-refractivity contribution is 5.66. The lowest BCUT2D eigenvalue weighted by molar-refractivity contribution is -0.384. The molecule has 2 saturated heterocycles. The first-order valence-corrected chi connectivity index (χ1v) is 13.9. The molecule has 2 heterocycles. The molecule has 6 aliphatic rings. The first kappa shape index (κ1) is 24.4. The predicted molar refractivity (Wildman–Crippen MR) is 130 cm³/mol. The summed E-state index contributed by atoms with van der Waals surface area (Å²) in [4.78, 5) is 11.6. The summed E-state index contributed by atoms with van der Waals surface area (Å²) in [5.74, 6) is 0.504. The van der Waals surface area contributed by atoms with Crippen LogP contribution in [-0.4, -0.2) is 51.5 Å². The number of carbonyl (C=O) groups excluding carboxylic acids is 1. The molecule has 196 valence electrons. The van der Waals surface area contributed by atoms with Crippen molar-refractivity contribution in [1.82, 2.24) is 0 Å². The van der Waals surface area contributed by atoms with E-state index in [2.05, 4.69) is 26.8 Å². The van der Waals surface area contributed by atoms with E-state index >= 15 is 0 Å². The Balaban J connectivity index is 1.32. The summed E-state index contributed by atoms with van der Waals surface area (Å²) in [6, 6.07) is 0. The number of hydrogen-bond donors (Lipinski definition) is 2. The molecule has 0 aromatic rings. The predicted octanol–water partition coefficient (Wildman–Crippen LogP) is 4.51. The van der Waals surface area contributed by atoms with Gasteiger partial charge in [-0.3, -0.25) is 4.79 Å². The number of aliphatic hydroxyl groups is 2. The lowest BCUT2D eigenvalue weighted by Crippen LogP contribution is -2.63. The van der Waals surface area contributed by atoms with Crippen molar-refractivity contribution in [2.75, 3.05) is 0 Å². The number of ether oxygens (including phenoxy) is 3. The normalized spacial score (nSPS) is 54.7. The van der Waals surface area contributed by atoms with Gasteiger partial charge < -0.3 is 24.4 Å². The Morgan fingerprint density at radius 3 is 2.60 bits per heavy atom. The zero-order chi connectivity index (χ0) is 25.2. The topological polar surface area (TPSA) is 85.2 Å². The van der Waals surface area contributed by atoms with Gasteiger partial charge in [0.15, 0.2) is 5.79 Å². The molecule has 5 fully saturated rings. The standard InChI is InChI=1S/C29H44O6/c1-16(30)33-18-9-11-26(4)17(13-18)7-8-19-20(26)10-12-27(5)21(19)14-22-24(27)28(6)23(31)15-29(34-22,35-28)25(2,3)32/h7,18-24,31-32H,8-15H2,1-6H3/t18-,19+,20-,21-,22-,23+,24?,26-,27-,28-,29-/m0/s1. The molecule has 0 aromatic heterocycles. The van der Waals surface area contributed by atoms with Gasteiger partial charge in [0.05, 0.1) is 12.2 Å². The van der Waals surface area contributed by atoms with Gasteiger partial charge in [0, 0.05) is 25.7 Å². The number of allylic oxidation sites excluding steroid dienone is 1. The number of rotatable bonds is 2. The quantitative estimate of drug-likeness (QED) is 0.439. The number of carbonyl (C=O) groups is 1. The highest BCUT2D eigenvalue weighted by Gasteiger charge is 2.75. The fraction of sp³-hybridized carbons (Fsp3) is 0.897. The third-order valence-corrected chi connectivity index (χ3v) is 11.8. The Labute approximate surface area is 209 Å². The SMILES string of the molecule is CC(=O)O[C@H]1CC[C@@]2(C)C(=CC[C@@H]3[C@@H]2CC[C@]2(C)C4[C@H](C[C@@H]32)O[C@@]2(C(C)(C)O)C[C@@H](O)[C@]4(C)O2)C1. The minimum absolute atomic E-state index is 0.0102. The summed E-state index contributed by atoms with van der Waals surface area (Å²) in [7, 11) is 0. The molecule has 2 N–H and O–H groups in total. The van der Waals surface area contributed by atoms with Crippen molar-refractivity contribution in [3.8, 4) is 0 Å². The Morgan fingerprint density at radius 1 is 1.17 bits per heavy atom. The van der Waals surface area contributed by atoms with Crippen molar-refractivity contribution in [1.29, 1.82) is 0 Å². The van der Waals surface area contributed by atoms with Gasteiger partial charge in [-0.05, 0) is 87.9 Å². The minimum Gasteiger partial charge on any atom is -0.462 e. The second-order valence-corrected chi connectivity index (χ2v) is 14.0. The van der Waals surface area contributed by atoms with Gasteiger partial charge in [-0.2, -0.15) is 0 Å². The smallest absolute Gasteiger partial charge is 0.302 e. The first-order chi connectivity index (χ1) is 16.2. The molecule has 35 heavy (non-hydrogen) atoms. The van der Waals surface area contributed by atoms with E-state index in [0.29, 0.717) is 24.2 Å². The van der Waals surface area contributed by atoms with Crippen LogP contribution in [0.2, 0.25) is 0 Å². The first-order valence-electron chi connectivity index (χ1n) is 13.9. The van der Waals surface area contributed by atoms with Gasteiger partial charge in [-0.15, -0.1) is 0 Å². The molecule has 0 amide bonds. The molecule has 2 aliphatic heterocycles. The Morgan fingerprint density at radius 2 is 1.91 bits per heavy atom. The number of esters is 1. The molecule has 11 atom stereocenters. The molecular formula is C29H44O6. The van der Waals surface area contributed by atoms with E-state index in [1.165, 1.54) is 18.9 Å². The van der Waals surface area contributed by atoms with Gasteiger partial charge in [-0.25, -0.2) is 0 Å². The van der Waals surface area contributed by atoms with Crippen molar-refractivity contribution >= 4 is 5.97 Å². The zero-order valence-electron chi connectivity index (χ0n) is 22.3. The highest BCUT2D eigenvalue weighted by atomic mass is 16.7. The summed E-state index contributed by atoms with van der Waals surface area (Å²) >= 11 is 0. The maximum Gasteiger partial charge on any atom is 0.302 e. The molecule has 0 spiro atoms. The van der Waals surface area contributed by atoms with E-state index in [0.717, 1.165) is 38.5 Å². The van der Waals surface area contributed by atoms with Crippen molar-refractivity contribution in [3.63, 3.8) is 0 Å². The van der Waals surface area contributed by atoms with Crippen LogP contribution >= 0.6 is 0 Å². The van der Waals surface area contributed by atoms with Crippen molar-refractivity contribution in [2.24, 2.45) is 34.5 Å². The van der Waals surface area contributed by atoms with E-state index < -0.39 is 23.1 Å². The van der Waals surface area contributed by atoms with Gasteiger partial charge in [0.1, 0.15) is 17.3 Å². The van der Waals surface area contributed by atoms with Crippen molar-refractivity contribution in [3.05, 3.63) is 11.6 Å². The van der Waals surface area contributed by atoms with Crippen LogP contribution in [0.15, 0.2) is 11.6 Å². The molecular weight excluding hydrogens is 444 g/mol. The summed E-state index contributed by atoms with van der Waals surface area (Å²) in [5, 5.41) is 22.3. The average Bonchev–Trinajstić information content (AvgIpc) is 3.16. The maximum absolute atomic E-state index is 11.6. The molecule has 1 unspecified atom stereocenters. The van der Waals surface area contributed by atoms with Crippen LogP contribution in [0, 0.1) is 34.5 Å². The average molecular weight is 489 g/mol. The molecule has 6 nitrogen and oxygen atoms in total. The summed E-state index contributed by atoms with van der Waals surface area (Å²) in [5.41, 5.74) is -0.195. The molecule has 4 aliphatic carbocycles. The van der Waals surface area contributed by atoms with E-state index in [-0.39, 0.29) is 34.9 Å². The van der Waals surface area contributed by atoms with Gasteiger partial charge in [0.25, 0.3) is 0 Å². The summed E-state index contributed by atoms with van der Waals surface area (Å²) < 4.78 is 18.9. The van der Waals surface area contributed by atoms with Crippen LogP contribution < -0.4 is 0 Å². The lowest BCUT2D eigenvalue weighted by atomic mass is 9.46. The Kier molecular flexibility index (Phi) is 5.11. The fourth-order valence-electron chi connectivity index (χ4n) is 10.1. The molecule has 6 heteroatoms. The van der Waals surface area contributed by atoms with Crippen LogP contribution in [0.3, 0.4) is 0 Å². The van der Waals surface area contributed by atoms with E-state index in [9.17, 15) is 15.0 Å². The van der Waals surface area contributed by atoms with Gasteiger partial charge in [-0.1, -0.05) is 25.5 Å². The zero-order valence-corrected chi connectivity index (χ0v) is 22.3. The van der Waals surface area contributed by atoms with Crippen LogP contribution in [0.4, 0.5) is 0 Å². The third-order valence-electron chi connectivity index (χ3n) is 11.8. The van der Waals surface area contributed by atoms with Crippen molar-refractivity contribution in [2.45, 2.75) is 128 Å². The van der Waals surface area contributed by atoms with E-state index in [1.54, 1.807) is 13.8 Å². The van der Waals surface area contributed by atoms with Crippen LogP contribution in [-0.2, 0) is 19.0 Å². The molecule has 0 aromatic carbocycles. The van der Waals surface area contributed by atoms with Crippen molar-refractivity contribution < 1.29 is 29.2 Å². The highest BCUT2D eigenvalue weighted by Crippen LogP contribution is 2.71. The number of fused-ring (bicyclic) bond motifs is 10. The molecule has 6 rings (SSSR count). The second kappa shape index (κ2) is 7.33. The Hall–Kier alpha value is -0.950. The van der Waals surface area contributed by atoms with Crippen LogP contribution in [0.5, 0.6) is 0 Å².